The van der Waals surface area contributed by atoms with Crippen LogP contribution in [0.2, 0.25) is 0 Å². The molecular weight excluding hydrogens is 328 g/mol. The molecule has 0 atom stereocenters. The van der Waals surface area contributed by atoms with E-state index in [1.165, 1.54) is 48.8 Å². The van der Waals surface area contributed by atoms with Crippen molar-refractivity contribution >= 4 is 28.5 Å². The fourth-order valence-corrected chi connectivity index (χ4v) is 4.60. The number of unbranched alkanes of at least 4 members (excludes halogenated alkanes) is 2. The molecule has 2 aromatic rings. The minimum atomic E-state index is 0.190. The number of thioether (sulfide) groups is 1. The molecule has 1 aliphatic carbocycles. The molecule has 3 rings (SSSR count). The normalized spacial score (nSPS) is 15.4. The Morgan fingerprint density at radius 3 is 2.56 bits per heavy atom. The van der Waals surface area contributed by atoms with E-state index in [-0.39, 0.29) is 11.9 Å². The number of hydrogen-bond donors (Lipinski definition) is 0. The lowest BCUT2D eigenvalue weighted by Gasteiger charge is -2.15. The van der Waals surface area contributed by atoms with E-state index in [0.717, 1.165) is 29.7 Å². The van der Waals surface area contributed by atoms with E-state index < -0.39 is 0 Å². The molecule has 2 nitrogen and oxygen atoms in total. The topological polar surface area (TPSA) is 30.6 Å². The molecule has 134 valence electrons. The van der Waals surface area contributed by atoms with E-state index >= 15 is 0 Å². The molecule has 2 aromatic carbocycles. The Labute approximate surface area is 155 Å². The molecule has 1 fully saturated rings. The summed E-state index contributed by atoms with van der Waals surface area (Å²) in [5, 5.41) is 2.31. The van der Waals surface area contributed by atoms with Crippen molar-refractivity contribution in [2.24, 2.45) is 5.92 Å². The largest absolute Gasteiger partial charge is 0.492 e. The number of ether oxygens (including phenoxy) is 1. The summed E-state index contributed by atoms with van der Waals surface area (Å²) in [4.78, 5) is 11.7. The number of esters is 1. The Hall–Kier alpha value is -1.48. The van der Waals surface area contributed by atoms with Crippen molar-refractivity contribution in [3.63, 3.8) is 0 Å². The van der Waals surface area contributed by atoms with Gasteiger partial charge in [0, 0.05) is 16.3 Å². The predicted molar refractivity (Wildman–Crippen MR) is 108 cm³/mol. The molecule has 0 spiro atoms. The highest BCUT2D eigenvalue weighted by Gasteiger charge is 2.30. The van der Waals surface area contributed by atoms with Crippen molar-refractivity contribution in [3.05, 3.63) is 36.4 Å². The van der Waals surface area contributed by atoms with E-state index in [1.807, 2.05) is 23.9 Å². The van der Waals surface area contributed by atoms with Gasteiger partial charge in [0.05, 0.1) is 5.39 Å². The van der Waals surface area contributed by atoms with Crippen LogP contribution in [0.5, 0.6) is 5.75 Å². The number of carbonyl (C=O) groups excluding carboxylic acids is 1. The van der Waals surface area contributed by atoms with Gasteiger partial charge in [0.25, 0.3) is 5.75 Å². The van der Waals surface area contributed by atoms with Crippen molar-refractivity contribution < 1.29 is 9.53 Å². The number of rotatable bonds is 7. The van der Waals surface area contributed by atoms with Gasteiger partial charge in [0.2, 0.25) is 0 Å². The van der Waals surface area contributed by atoms with Crippen LogP contribution in [0.3, 0.4) is 0 Å². The summed E-state index contributed by atoms with van der Waals surface area (Å²) in [6, 6.07) is 12.5. The van der Waals surface area contributed by atoms with Crippen LogP contribution in [-0.2, 0) is 0 Å². The van der Waals surface area contributed by atoms with E-state index in [4.69, 9.17) is 4.74 Å². The molecule has 25 heavy (non-hydrogen) atoms. The lowest BCUT2D eigenvalue weighted by Crippen LogP contribution is -2.23. The van der Waals surface area contributed by atoms with Gasteiger partial charge in [-0.2, -0.15) is 0 Å². The summed E-state index contributed by atoms with van der Waals surface area (Å²) in [6.45, 7) is 2.24. The van der Waals surface area contributed by atoms with Crippen LogP contribution in [0.15, 0.2) is 41.3 Å². The molecule has 0 heterocycles. The predicted octanol–water partition coefficient (Wildman–Crippen LogP) is 6.58. The third-order valence-electron chi connectivity index (χ3n) is 5.02. The van der Waals surface area contributed by atoms with Crippen LogP contribution in [0.4, 0.5) is 0 Å². The van der Waals surface area contributed by atoms with E-state index in [0.29, 0.717) is 0 Å². The van der Waals surface area contributed by atoms with Gasteiger partial charge in [-0.25, -0.2) is 0 Å². The molecule has 1 N–H and O–H groups in total. The highest BCUT2D eigenvalue weighted by Crippen LogP contribution is 2.35. The third-order valence-corrected chi connectivity index (χ3v) is 6.18. The van der Waals surface area contributed by atoms with E-state index in [9.17, 15) is 4.79 Å². The molecule has 0 unspecified atom stereocenters. The summed E-state index contributed by atoms with van der Waals surface area (Å²) in [5.41, 5.74) is 0. The monoisotopic (exact) mass is 357 g/mol. The smallest absolute Gasteiger partial charge is 0.338 e. The van der Waals surface area contributed by atoms with Crippen LogP contribution < -0.4 is 4.74 Å². The Bertz CT molecular complexity index is 704. The summed E-state index contributed by atoms with van der Waals surface area (Å²) in [6.07, 6.45) is 9.52. The second-order valence-corrected chi connectivity index (χ2v) is 8.07. The summed E-state index contributed by atoms with van der Waals surface area (Å²) < 4.78 is 5.93. The quantitative estimate of drug-likeness (QED) is 0.184. The lowest BCUT2D eigenvalue weighted by atomic mass is 9.89. The van der Waals surface area contributed by atoms with Crippen LogP contribution in [0.25, 0.3) is 10.8 Å². The first-order valence-corrected chi connectivity index (χ1v) is 10.7. The summed E-state index contributed by atoms with van der Waals surface area (Å²) >= 11 is 1.92. The standard InChI is InChI=1S/C22H28O2S/c1-2-3-9-16-25-21-15-14-20(18-12-7-8-13-19(18)21)24-22(23)17-10-5-4-6-11-17/h7-8,12-15,17H,2-6,9-11,16H2,1H3/p+1. The maximum absolute atomic E-state index is 10.4. The zero-order valence-corrected chi connectivity index (χ0v) is 16.0. The van der Waals surface area contributed by atoms with Gasteiger partial charge < -0.3 is 4.79 Å². The molecule has 0 aromatic heterocycles. The second-order valence-electron chi connectivity index (χ2n) is 6.94. The van der Waals surface area contributed by atoms with Crippen molar-refractivity contribution in [1.29, 1.82) is 0 Å². The van der Waals surface area contributed by atoms with E-state index in [1.54, 1.807) is 0 Å². The average Bonchev–Trinajstić information content (AvgIpc) is 2.67. The molecule has 0 aliphatic heterocycles. The maximum Gasteiger partial charge on any atom is 0.492 e. The van der Waals surface area contributed by atoms with Gasteiger partial charge in [-0.3, -0.25) is 4.74 Å². The summed E-state index contributed by atoms with van der Waals surface area (Å²) in [5.74, 6) is 2.32. The molecule has 0 bridgehead atoms. The third kappa shape index (κ3) is 4.78. The molecule has 0 radical (unpaired) electrons. The van der Waals surface area contributed by atoms with Crippen molar-refractivity contribution in [2.45, 2.75) is 63.2 Å². The fourth-order valence-electron chi connectivity index (χ4n) is 3.54. The molecular formula is C22H29O2S+. The molecule has 1 aliphatic rings. The first kappa shape index (κ1) is 18.3. The van der Waals surface area contributed by atoms with Gasteiger partial charge in [-0.05, 0) is 37.1 Å². The number of benzene rings is 2. The number of fused-ring (bicyclic) bond motifs is 1. The highest BCUT2D eigenvalue weighted by atomic mass is 32.2. The van der Waals surface area contributed by atoms with E-state index in [2.05, 4.69) is 31.2 Å². The Morgan fingerprint density at radius 1 is 1.04 bits per heavy atom. The fraction of sp³-hybridized carbons (Fsp3) is 0.500. The Balaban J connectivity index is 1.76. The summed E-state index contributed by atoms with van der Waals surface area (Å²) in [7, 11) is 0. The van der Waals surface area contributed by atoms with Crippen molar-refractivity contribution in [2.75, 3.05) is 5.75 Å². The van der Waals surface area contributed by atoms with Crippen LogP contribution in [-0.4, -0.2) is 16.5 Å². The Morgan fingerprint density at radius 2 is 1.80 bits per heavy atom. The Kier molecular flexibility index (Phi) is 6.80. The molecule has 1 saturated carbocycles. The number of hydrogen-bond acceptors (Lipinski definition) is 2. The molecule has 0 amide bonds. The van der Waals surface area contributed by atoms with Gasteiger partial charge >= 0.3 is 5.97 Å². The zero-order valence-electron chi connectivity index (χ0n) is 15.2. The van der Waals surface area contributed by atoms with Gasteiger partial charge in [0.1, 0.15) is 5.92 Å². The van der Waals surface area contributed by atoms with Gasteiger partial charge in [-0.1, -0.05) is 57.2 Å². The highest BCUT2D eigenvalue weighted by molar-refractivity contribution is 7.99. The first-order valence-electron chi connectivity index (χ1n) is 9.67. The van der Waals surface area contributed by atoms with Crippen molar-refractivity contribution in [3.8, 4) is 5.75 Å². The average molecular weight is 358 g/mol. The zero-order chi connectivity index (χ0) is 17.5. The molecule has 3 heteroatoms. The van der Waals surface area contributed by atoms with Crippen LogP contribution >= 0.6 is 11.8 Å². The van der Waals surface area contributed by atoms with Crippen LogP contribution in [0.1, 0.15) is 58.3 Å². The lowest BCUT2D eigenvalue weighted by molar-refractivity contribution is 0.346. The minimum Gasteiger partial charge on any atom is -0.338 e. The minimum absolute atomic E-state index is 0.190. The van der Waals surface area contributed by atoms with Crippen molar-refractivity contribution in [1.82, 2.24) is 0 Å². The van der Waals surface area contributed by atoms with Gasteiger partial charge in [-0.15, -0.1) is 11.8 Å². The second kappa shape index (κ2) is 9.28. The first-order chi connectivity index (χ1) is 12.3. The SMILES string of the molecule is CCCCCSc1ccc(OC(=[OH+])C2CCCCC2)c2ccccc12. The maximum atomic E-state index is 10.4. The van der Waals surface area contributed by atoms with Gasteiger partial charge in [0.15, 0.2) is 0 Å². The van der Waals surface area contributed by atoms with Crippen LogP contribution in [0, 0.1) is 5.92 Å². The molecule has 0 saturated heterocycles.